The van der Waals surface area contributed by atoms with Crippen LogP contribution in [0.4, 0.5) is 0 Å². The van der Waals surface area contributed by atoms with Crippen molar-refractivity contribution in [3.63, 3.8) is 0 Å². The number of hydrogen-bond acceptors (Lipinski definition) is 4. The van der Waals surface area contributed by atoms with E-state index >= 15 is 0 Å². The largest absolute Gasteiger partial charge is 0.501 e. The monoisotopic (exact) mass is 1100 g/mol. The summed E-state index contributed by atoms with van der Waals surface area (Å²) in [6, 6.07) is 58.3. The normalized spacial score (nSPS) is 12.1. The first-order chi connectivity index (χ1) is 32.2. The van der Waals surface area contributed by atoms with Crippen LogP contribution in [0.3, 0.4) is 0 Å². The maximum atomic E-state index is 6.78. The number of nitrogens with zero attached hydrogens (tertiary/aromatic N) is 3. The molecule has 4 heterocycles. The van der Waals surface area contributed by atoms with Crippen LogP contribution in [0.1, 0.15) is 50.7 Å². The van der Waals surface area contributed by atoms with Gasteiger partial charge in [-0.05, 0) is 94.4 Å². The van der Waals surface area contributed by atoms with E-state index in [0.29, 0.717) is 0 Å². The van der Waals surface area contributed by atoms with Crippen molar-refractivity contribution in [3.05, 3.63) is 175 Å². The van der Waals surface area contributed by atoms with E-state index in [4.69, 9.17) is 13.8 Å². The van der Waals surface area contributed by atoms with Gasteiger partial charge in [-0.3, -0.25) is 4.98 Å². The van der Waals surface area contributed by atoms with Gasteiger partial charge in [-0.15, -0.1) is 52.3 Å². The van der Waals surface area contributed by atoms with Crippen molar-refractivity contribution in [1.29, 1.82) is 0 Å². The van der Waals surface area contributed by atoms with Crippen molar-refractivity contribution in [2.24, 2.45) is 0 Å². The van der Waals surface area contributed by atoms with Gasteiger partial charge in [0.2, 0.25) is 0 Å². The van der Waals surface area contributed by atoms with Crippen molar-refractivity contribution in [2.75, 3.05) is 0 Å². The van der Waals surface area contributed by atoms with Gasteiger partial charge in [-0.1, -0.05) is 145 Å². The molecule has 7 aromatic carbocycles. The molecular weight excluding hydrogens is 1040 g/mol. The molecule has 0 spiro atoms. The van der Waals surface area contributed by atoms with E-state index in [1.54, 1.807) is 0 Å². The first kappa shape index (κ1) is 46.9. The van der Waals surface area contributed by atoms with Gasteiger partial charge in [0, 0.05) is 64.3 Å². The third-order valence-electron chi connectivity index (χ3n) is 13.0. The molecular formula is C60H57IrN3O2Si2-2. The molecule has 343 valence electrons. The van der Waals surface area contributed by atoms with E-state index in [1.807, 2.05) is 36.5 Å². The Labute approximate surface area is 415 Å². The minimum atomic E-state index is -1.75. The van der Waals surface area contributed by atoms with Gasteiger partial charge in [0.15, 0.2) is 0 Å². The van der Waals surface area contributed by atoms with E-state index < -0.39 is 16.1 Å². The van der Waals surface area contributed by atoms with Crippen LogP contribution in [0.15, 0.2) is 161 Å². The molecule has 0 saturated carbocycles. The molecule has 4 aromatic heterocycles. The average Bonchev–Trinajstić information content (AvgIpc) is 4.02. The predicted octanol–water partition coefficient (Wildman–Crippen LogP) is 15.8. The molecule has 0 amide bonds. The Morgan fingerprint density at radius 2 is 1.22 bits per heavy atom. The topological polar surface area (TPSA) is 57.0 Å². The van der Waals surface area contributed by atoms with Crippen LogP contribution < -0.4 is 10.4 Å². The number of imidazole rings is 1. The average molecular weight is 1100 g/mol. The summed E-state index contributed by atoms with van der Waals surface area (Å²) in [6.07, 6.45) is 1.82. The van der Waals surface area contributed by atoms with Crippen LogP contribution in [0.2, 0.25) is 39.3 Å². The number of aromatic nitrogens is 3. The zero-order chi connectivity index (χ0) is 46.8. The summed E-state index contributed by atoms with van der Waals surface area (Å²) < 4.78 is 15.5. The Kier molecular flexibility index (Phi) is 12.7. The van der Waals surface area contributed by atoms with E-state index in [9.17, 15) is 0 Å². The smallest absolute Gasteiger partial charge is 0.136 e. The second-order valence-corrected chi connectivity index (χ2v) is 30.6. The number of fused-ring (bicyclic) bond motifs is 7. The first-order valence-electron chi connectivity index (χ1n) is 23.5. The molecule has 0 aliphatic carbocycles. The summed E-state index contributed by atoms with van der Waals surface area (Å²) in [5.74, 6) is 1.33. The zero-order valence-electron chi connectivity index (χ0n) is 40.6. The summed E-state index contributed by atoms with van der Waals surface area (Å²) >= 11 is 0. The van der Waals surface area contributed by atoms with E-state index in [0.717, 1.165) is 77.7 Å². The quantitative estimate of drug-likeness (QED) is 0.112. The third kappa shape index (κ3) is 8.64. The second-order valence-electron chi connectivity index (χ2n) is 20.5. The molecule has 0 N–H and O–H groups in total. The summed E-state index contributed by atoms with van der Waals surface area (Å²) in [6.45, 7) is 23.4. The standard InChI is InChI=1S/C46H41N2O2Si.C14H16NSi.Ir/c1-27(2)35-24-30(29-20-21-32-31-14-8-12-18-39(31)49-41(32)26-29)25-36(28(3)4)44(35)48-38-17-11-10-16-37(38)47-46(48)34-22-23-42(51(5,6)7)43-33-15-9-13-19-40(33)50-45(34)43;1-16(2,3)13-9-7-12(8-10-13)14-6-4-5-11-15-14;/h8-21,23-28H,1-7H3;4-7,9-11H,1-3H3;/q2*-1;. The summed E-state index contributed by atoms with van der Waals surface area (Å²) in [7, 11) is -2.96. The molecule has 68 heavy (non-hydrogen) atoms. The van der Waals surface area contributed by atoms with Crippen molar-refractivity contribution in [2.45, 2.75) is 78.8 Å². The van der Waals surface area contributed by atoms with Gasteiger partial charge in [-0.25, -0.2) is 0 Å². The van der Waals surface area contributed by atoms with Gasteiger partial charge in [0.1, 0.15) is 16.7 Å². The van der Waals surface area contributed by atoms with Gasteiger partial charge in [0.05, 0.1) is 22.4 Å². The molecule has 11 aromatic rings. The Morgan fingerprint density at radius 3 is 1.87 bits per heavy atom. The first-order valence-corrected chi connectivity index (χ1v) is 30.5. The molecule has 5 nitrogen and oxygen atoms in total. The van der Waals surface area contributed by atoms with Crippen LogP contribution in [0.5, 0.6) is 0 Å². The summed E-state index contributed by atoms with van der Waals surface area (Å²) in [5.41, 5.74) is 14.6. The van der Waals surface area contributed by atoms with Gasteiger partial charge in [-0.2, -0.15) is 0 Å². The summed E-state index contributed by atoms with van der Waals surface area (Å²) in [4.78, 5) is 9.70. The Hall–Kier alpha value is -6.16. The summed E-state index contributed by atoms with van der Waals surface area (Å²) in [5, 5.41) is 7.42. The zero-order valence-corrected chi connectivity index (χ0v) is 45.0. The number of para-hydroxylation sites is 4. The van der Waals surface area contributed by atoms with Gasteiger partial charge >= 0.3 is 0 Å². The fourth-order valence-corrected chi connectivity index (χ4v) is 12.0. The molecule has 0 unspecified atom stereocenters. The Bertz CT molecular complexity index is 3580. The Morgan fingerprint density at radius 1 is 0.574 bits per heavy atom. The number of furan rings is 2. The number of pyridine rings is 1. The van der Waals surface area contributed by atoms with Gasteiger partial charge < -0.3 is 18.4 Å². The van der Waals surface area contributed by atoms with E-state index in [2.05, 4.69) is 204 Å². The molecule has 0 aliphatic heterocycles. The fourth-order valence-electron chi connectivity index (χ4n) is 9.41. The molecule has 11 rings (SSSR count). The van der Waals surface area contributed by atoms with Crippen LogP contribution >= 0.6 is 0 Å². The van der Waals surface area contributed by atoms with Gasteiger partial charge in [0.25, 0.3) is 0 Å². The van der Waals surface area contributed by atoms with Crippen LogP contribution in [-0.2, 0) is 20.1 Å². The number of hydrogen-bond donors (Lipinski definition) is 0. The van der Waals surface area contributed by atoms with Crippen LogP contribution in [0, 0.1) is 12.1 Å². The molecule has 0 saturated heterocycles. The van der Waals surface area contributed by atoms with E-state index in [1.165, 1.54) is 38.1 Å². The number of benzene rings is 7. The molecule has 0 bridgehead atoms. The molecule has 0 fully saturated rings. The van der Waals surface area contributed by atoms with Crippen molar-refractivity contribution in [3.8, 4) is 39.5 Å². The SMILES string of the molecule is CC(C)c1cc(-c2ccc3c(c2)oc2ccccc23)cc(C(C)C)c1-n1c(-c2[c-]cc([Si](C)(C)C)c3c2oc2ccccc23)nc2ccccc21.C[Si](C)(C)c1c[c-]c(-c2ccccn2)cc1.[Ir]. The van der Waals surface area contributed by atoms with Crippen molar-refractivity contribution < 1.29 is 28.9 Å². The minimum absolute atomic E-state index is 0. The molecule has 8 heteroatoms. The van der Waals surface area contributed by atoms with Crippen LogP contribution in [0.25, 0.3) is 94.4 Å². The number of rotatable bonds is 8. The molecule has 0 atom stereocenters. The minimum Gasteiger partial charge on any atom is -0.501 e. The molecule has 1 radical (unpaired) electrons. The van der Waals surface area contributed by atoms with Crippen molar-refractivity contribution in [1.82, 2.24) is 14.5 Å². The van der Waals surface area contributed by atoms with Crippen molar-refractivity contribution >= 4 is 81.4 Å². The third-order valence-corrected chi connectivity index (χ3v) is 17.1. The predicted molar refractivity (Wildman–Crippen MR) is 288 cm³/mol. The molecule has 0 aliphatic rings. The van der Waals surface area contributed by atoms with E-state index in [-0.39, 0.29) is 31.9 Å². The maximum Gasteiger partial charge on any atom is 0.136 e. The fraction of sp³-hybridized carbons (Fsp3) is 0.200. The van der Waals surface area contributed by atoms with Crippen LogP contribution in [-0.4, -0.2) is 30.7 Å². The Balaban J connectivity index is 0.000000289. The maximum absolute atomic E-state index is 6.78. The second kappa shape index (κ2) is 18.4.